The van der Waals surface area contributed by atoms with Gasteiger partial charge in [0.2, 0.25) is 0 Å². The van der Waals surface area contributed by atoms with Crippen molar-refractivity contribution in [3.63, 3.8) is 0 Å². The zero-order valence-electron chi connectivity index (χ0n) is 5.08. The van der Waals surface area contributed by atoms with Crippen LogP contribution in [0.5, 0.6) is 0 Å². The minimum absolute atomic E-state index is 0.833. The lowest BCUT2D eigenvalue weighted by molar-refractivity contribution is 0.539. The fourth-order valence-electron chi connectivity index (χ4n) is 0.149. The van der Waals surface area contributed by atoms with Gasteiger partial charge in [0.05, 0.1) is 0 Å². The van der Waals surface area contributed by atoms with Gasteiger partial charge in [0.1, 0.15) is 0 Å². The largest absolute Gasteiger partial charge is 0.266 e. The van der Waals surface area contributed by atoms with E-state index < -0.39 is 9.06 Å². The van der Waals surface area contributed by atoms with E-state index in [1.54, 1.807) is 0 Å². The Bertz CT molecular complexity index is 149. The van der Waals surface area contributed by atoms with Crippen LogP contribution < -0.4 is 0 Å². The molecule has 0 saturated carbocycles. The van der Waals surface area contributed by atoms with E-state index in [-0.39, 0.29) is 0 Å². The van der Waals surface area contributed by atoms with Crippen molar-refractivity contribution >= 4 is 19.8 Å². The minimum Gasteiger partial charge on any atom is -0.200 e. The summed E-state index contributed by atoms with van der Waals surface area (Å²) in [6.45, 7) is 0. The summed E-state index contributed by atoms with van der Waals surface area (Å²) in [6, 6.07) is 0. The van der Waals surface area contributed by atoms with Gasteiger partial charge in [-0.1, -0.05) is 0 Å². The first-order valence-electron chi connectivity index (χ1n) is 1.99. The summed E-state index contributed by atoms with van der Waals surface area (Å²) in [6.07, 6.45) is 1.54. The average molecular weight is 155 g/mol. The fraction of sp³-hybridized carbons (Fsp3) is 1.00. The summed E-state index contributed by atoms with van der Waals surface area (Å²) in [4.78, 5) is 0. The van der Waals surface area contributed by atoms with Crippen LogP contribution in [0, 0.1) is 0 Å². The number of nitrogens with zero attached hydrogens (tertiary/aromatic N) is 1. The highest BCUT2D eigenvalue weighted by atomic mass is 33.1. The maximum absolute atomic E-state index is 10.6. The van der Waals surface area contributed by atoms with Gasteiger partial charge in [0.15, 0.2) is 0 Å². The Kier molecular flexibility index (Phi) is 2.79. The van der Waals surface area contributed by atoms with Crippen LogP contribution in [0.2, 0.25) is 0 Å². The zero-order valence-corrected chi connectivity index (χ0v) is 6.71. The van der Waals surface area contributed by atoms with Crippen molar-refractivity contribution in [3.8, 4) is 0 Å². The lowest BCUT2D eigenvalue weighted by Crippen LogP contribution is -2.17. The molecular weight excluding hydrogens is 146 g/mol. The Labute approximate surface area is 53.5 Å². The molecule has 0 heterocycles. The molecule has 50 valence electrons. The average Bonchev–Trinajstić information content (AvgIpc) is 1.67. The van der Waals surface area contributed by atoms with Crippen LogP contribution >= 0.6 is 10.8 Å². The van der Waals surface area contributed by atoms with Crippen molar-refractivity contribution < 1.29 is 8.42 Å². The summed E-state index contributed by atoms with van der Waals surface area (Å²) < 4.78 is 22.4. The predicted molar refractivity (Wildman–Crippen MR) is 36.1 cm³/mol. The molecule has 0 N–H and O–H groups in total. The minimum atomic E-state index is -2.99. The van der Waals surface area contributed by atoms with Crippen molar-refractivity contribution in [2.24, 2.45) is 0 Å². The molecule has 8 heavy (non-hydrogen) atoms. The first kappa shape index (κ1) is 8.26. The Morgan fingerprint density at radius 3 is 1.75 bits per heavy atom. The summed E-state index contributed by atoms with van der Waals surface area (Å²) in [7, 11) is 0.859. The van der Waals surface area contributed by atoms with Crippen molar-refractivity contribution in [1.82, 2.24) is 4.31 Å². The number of rotatable bonds is 2. The van der Waals surface area contributed by atoms with E-state index in [1.807, 2.05) is 0 Å². The van der Waals surface area contributed by atoms with E-state index in [2.05, 4.69) is 0 Å². The molecule has 0 aromatic rings. The standard InChI is InChI=1S/C3H9NO2S2/c1-4(2)8(5,6)7-3/h1-3H3. The third-order valence-electron chi connectivity index (χ3n) is 0.658. The van der Waals surface area contributed by atoms with Gasteiger partial charge in [-0.15, -0.1) is 0 Å². The molecule has 0 aliphatic carbocycles. The van der Waals surface area contributed by atoms with Gasteiger partial charge >= 0.3 is 0 Å². The number of hydrogen-bond acceptors (Lipinski definition) is 3. The molecule has 3 nitrogen and oxygen atoms in total. The van der Waals surface area contributed by atoms with Crippen molar-refractivity contribution in [3.05, 3.63) is 0 Å². The molecule has 0 aromatic carbocycles. The van der Waals surface area contributed by atoms with E-state index >= 15 is 0 Å². The molecule has 0 saturated heterocycles. The zero-order chi connectivity index (χ0) is 6.78. The van der Waals surface area contributed by atoms with E-state index in [0.29, 0.717) is 0 Å². The second kappa shape index (κ2) is 2.70. The molecule has 0 aliphatic rings. The highest BCUT2D eigenvalue weighted by Crippen LogP contribution is 2.08. The highest BCUT2D eigenvalue weighted by molar-refractivity contribution is 8.70. The Morgan fingerprint density at radius 2 is 1.75 bits per heavy atom. The van der Waals surface area contributed by atoms with Crippen LogP contribution in [0.1, 0.15) is 0 Å². The van der Waals surface area contributed by atoms with Gasteiger partial charge in [0, 0.05) is 14.1 Å². The molecule has 5 heteroatoms. The topological polar surface area (TPSA) is 37.4 Å². The first-order valence-corrected chi connectivity index (χ1v) is 5.17. The second-order valence-corrected chi connectivity index (χ2v) is 5.59. The third-order valence-corrected chi connectivity index (χ3v) is 4.13. The smallest absolute Gasteiger partial charge is 0.200 e. The van der Waals surface area contributed by atoms with Crippen LogP contribution in [0.3, 0.4) is 0 Å². The molecule has 0 amide bonds. The molecule has 0 atom stereocenters. The van der Waals surface area contributed by atoms with Crippen LogP contribution in [0.4, 0.5) is 0 Å². The fourth-order valence-corrected chi connectivity index (χ4v) is 1.34. The first-order chi connectivity index (χ1) is 3.50. The highest BCUT2D eigenvalue weighted by Gasteiger charge is 2.08. The maximum atomic E-state index is 10.6. The van der Waals surface area contributed by atoms with Crippen LogP contribution in [-0.2, 0) is 9.06 Å². The molecule has 0 spiro atoms. The van der Waals surface area contributed by atoms with Gasteiger partial charge in [-0.05, 0) is 17.0 Å². The normalized spacial score (nSPS) is 12.5. The lowest BCUT2D eigenvalue weighted by atomic mass is 11.3. The SMILES string of the molecule is CSS(=O)(=O)N(C)C. The van der Waals surface area contributed by atoms with Gasteiger partial charge in [-0.3, -0.25) is 0 Å². The molecule has 0 bridgehead atoms. The Balaban J connectivity index is 4.17. The predicted octanol–water partition coefficient (Wildman–Crippen LogP) is 0.156. The quantitative estimate of drug-likeness (QED) is 0.533. The second-order valence-electron chi connectivity index (χ2n) is 1.41. The van der Waals surface area contributed by atoms with Gasteiger partial charge in [-0.25, -0.2) is 8.42 Å². The molecule has 0 aromatic heterocycles. The summed E-state index contributed by atoms with van der Waals surface area (Å²) in [5, 5.41) is 0. The summed E-state index contributed by atoms with van der Waals surface area (Å²) >= 11 is 0. The molecule has 0 unspecified atom stereocenters. The van der Waals surface area contributed by atoms with E-state index in [9.17, 15) is 8.42 Å². The van der Waals surface area contributed by atoms with Crippen LogP contribution in [0.15, 0.2) is 0 Å². The van der Waals surface area contributed by atoms with E-state index in [0.717, 1.165) is 10.8 Å². The summed E-state index contributed by atoms with van der Waals surface area (Å²) in [5.41, 5.74) is 0. The number of hydrogen-bond donors (Lipinski definition) is 0. The van der Waals surface area contributed by atoms with Crippen LogP contribution in [0.25, 0.3) is 0 Å². The Hall–Kier alpha value is 0.260. The summed E-state index contributed by atoms with van der Waals surface area (Å²) in [5.74, 6) is 0. The molecule has 0 radical (unpaired) electrons. The van der Waals surface area contributed by atoms with Gasteiger partial charge in [-0.2, -0.15) is 4.31 Å². The van der Waals surface area contributed by atoms with Crippen molar-refractivity contribution in [2.45, 2.75) is 0 Å². The van der Waals surface area contributed by atoms with E-state index in [1.165, 1.54) is 24.7 Å². The maximum Gasteiger partial charge on any atom is 0.266 e. The monoisotopic (exact) mass is 155 g/mol. The van der Waals surface area contributed by atoms with Crippen LogP contribution in [-0.4, -0.2) is 33.1 Å². The van der Waals surface area contributed by atoms with Gasteiger partial charge in [0.25, 0.3) is 9.06 Å². The Morgan fingerprint density at radius 1 is 1.38 bits per heavy atom. The van der Waals surface area contributed by atoms with Gasteiger partial charge < -0.3 is 0 Å². The van der Waals surface area contributed by atoms with E-state index in [4.69, 9.17) is 0 Å². The molecule has 0 rings (SSSR count). The molecule has 0 fully saturated rings. The van der Waals surface area contributed by atoms with Crippen molar-refractivity contribution in [2.75, 3.05) is 20.4 Å². The molecule has 0 aliphatic heterocycles. The lowest BCUT2D eigenvalue weighted by Gasteiger charge is -2.05. The molecular formula is C3H9NO2S2. The third kappa shape index (κ3) is 2.02. The van der Waals surface area contributed by atoms with Crippen molar-refractivity contribution in [1.29, 1.82) is 0 Å².